The van der Waals surface area contributed by atoms with Crippen LogP contribution in [0.25, 0.3) is 5.82 Å². The number of pyridine rings is 1. The second kappa shape index (κ2) is 4.50. The highest BCUT2D eigenvalue weighted by molar-refractivity contribution is 9.10. The Morgan fingerprint density at radius 1 is 1.53 bits per heavy atom. The number of halogens is 1. The van der Waals surface area contributed by atoms with Crippen LogP contribution in [0.15, 0.2) is 28.2 Å². The number of nitrogens with zero attached hydrogens (tertiary/aromatic N) is 5. The molecule has 0 aromatic carbocycles. The van der Waals surface area contributed by atoms with Crippen LogP contribution in [0.2, 0.25) is 0 Å². The summed E-state index contributed by atoms with van der Waals surface area (Å²) in [7, 11) is 0. The van der Waals surface area contributed by atoms with E-state index in [4.69, 9.17) is 10.9 Å². The fourth-order valence-corrected chi connectivity index (χ4v) is 1.87. The molecule has 8 heteroatoms. The molecule has 0 saturated carbocycles. The number of aromatic nitrogens is 4. The molecule has 0 aliphatic heterocycles. The van der Waals surface area contributed by atoms with Crippen LogP contribution < -0.4 is 5.73 Å². The van der Waals surface area contributed by atoms with Crippen LogP contribution in [0.5, 0.6) is 0 Å². The minimum atomic E-state index is -0.146. The predicted octanol–water partition coefficient (Wildman–Crippen LogP) is 0.828. The lowest BCUT2D eigenvalue weighted by atomic mass is 10.3. The lowest BCUT2D eigenvalue weighted by molar-refractivity contribution is 0.318. The lowest BCUT2D eigenvalue weighted by Gasteiger charge is -2.02. The Labute approximate surface area is 105 Å². The molecule has 2 aromatic rings. The van der Waals surface area contributed by atoms with Crippen LogP contribution in [-0.2, 0) is 0 Å². The van der Waals surface area contributed by atoms with Gasteiger partial charge in [0, 0.05) is 6.20 Å². The van der Waals surface area contributed by atoms with Crippen LogP contribution in [0.3, 0.4) is 0 Å². The third-order valence-electron chi connectivity index (χ3n) is 2.00. The number of hydrogen-bond acceptors (Lipinski definition) is 5. The van der Waals surface area contributed by atoms with Crippen molar-refractivity contribution in [1.29, 1.82) is 0 Å². The molecule has 2 heterocycles. The summed E-state index contributed by atoms with van der Waals surface area (Å²) in [6, 6.07) is 1.91. The van der Waals surface area contributed by atoms with Crippen molar-refractivity contribution < 1.29 is 5.21 Å². The molecule has 0 spiro atoms. The van der Waals surface area contributed by atoms with Gasteiger partial charge < -0.3 is 10.9 Å². The lowest BCUT2D eigenvalue weighted by Crippen LogP contribution is -2.15. The molecule has 2 rings (SSSR count). The summed E-state index contributed by atoms with van der Waals surface area (Å²) >= 11 is 3.39. The van der Waals surface area contributed by atoms with E-state index in [1.165, 1.54) is 11.0 Å². The summed E-state index contributed by atoms with van der Waals surface area (Å²) in [5.41, 5.74) is 6.40. The van der Waals surface area contributed by atoms with Gasteiger partial charge in [0.05, 0.1) is 4.47 Å². The van der Waals surface area contributed by atoms with Gasteiger partial charge in [0.15, 0.2) is 5.82 Å². The Kier molecular flexibility index (Phi) is 3.05. The van der Waals surface area contributed by atoms with Crippen LogP contribution in [0.4, 0.5) is 0 Å². The molecule has 7 nitrogen and oxygen atoms in total. The molecule has 17 heavy (non-hydrogen) atoms. The Morgan fingerprint density at radius 3 is 2.94 bits per heavy atom. The average molecular weight is 297 g/mol. The van der Waals surface area contributed by atoms with Crippen molar-refractivity contribution >= 4 is 21.8 Å². The van der Waals surface area contributed by atoms with E-state index in [9.17, 15) is 0 Å². The highest BCUT2D eigenvalue weighted by atomic mass is 79.9. The first-order chi connectivity index (χ1) is 8.11. The molecule has 0 unspecified atom stereocenters. The van der Waals surface area contributed by atoms with Crippen molar-refractivity contribution in [3.05, 3.63) is 34.5 Å². The maximum absolute atomic E-state index is 8.51. The fraction of sp³-hybridized carbons (Fsp3) is 0.111. The first-order valence-electron chi connectivity index (χ1n) is 4.64. The number of oxime groups is 1. The second-order valence-corrected chi connectivity index (χ2v) is 4.17. The van der Waals surface area contributed by atoms with Crippen LogP contribution >= 0.6 is 15.9 Å². The van der Waals surface area contributed by atoms with Gasteiger partial charge in [-0.1, -0.05) is 5.16 Å². The molecule has 88 valence electrons. The molecule has 0 amide bonds. The van der Waals surface area contributed by atoms with Gasteiger partial charge in [-0.05, 0) is 34.5 Å². The topological polar surface area (TPSA) is 102 Å². The van der Waals surface area contributed by atoms with Gasteiger partial charge in [-0.25, -0.2) is 14.6 Å². The van der Waals surface area contributed by atoms with E-state index >= 15 is 0 Å². The molecular weight excluding hydrogens is 288 g/mol. The number of amidine groups is 1. The average Bonchev–Trinajstić information content (AvgIpc) is 2.77. The molecule has 3 N–H and O–H groups in total. The van der Waals surface area contributed by atoms with E-state index < -0.39 is 0 Å². The minimum absolute atomic E-state index is 0.141. The summed E-state index contributed by atoms with van der Waals surface area (Å²) in [4.78, 5) is 8.12. The summed E-state index contributed by atoms with van der Waals surface area (Å²) < 4.78 is 2.23. The smallest absolute Gasteiger partial charge is 0.220 e. The molecule has 0 aliphatic carbocycles. The Bertz CT molecular complexity index is 579. The zero-order chi connectivity index (χ0) is 12.4. The SMILES string of the molecule is Cc1cnc(-n2cnc(C(N)=NO)n2)c(Br)c1. The van der Waals surface area contributed by atoms with Crippen molar-refractivity contribution in [3.8, 4) is 5.82 Å². The van der Waals surface area contributed by atoms with Crippen LogP contribution in [0, 0.1) is 6.92 Å². The monoisotopic (exact) mass is 296 g/mol. The third-order valence-corrected chi connectivity index (χ3v) is 2.59. The van der Waals surface area contributed by atoms with E-state index in [1.54, 1.807) is 6.20 Å². The molecule has 0 bridgehead atoms. The number of hydrogen-bond donors (Lipinski definition) is 2. The van der Waals surface area contributed by atoms with E-state index in [-0.39, 0.29) is 11.7 Å². The van der Waals surface area contributed by atoms with E-state index in [0.29, 0.717) is 5.82 Å². The molecule has 0 radical (unpaired) electrons. The van der Waals surface area contributed by atoms with Crippen molar-refractivity contribution in [1.82, 2.24) is 19.7 Å². The zero-order valence-electron chi connectivity index (χ0n) is 8.87. The number of rotatable bonds is 2. The van der Waals surface area contributed by atoms with E-state index in [0.717, 1.165) is 10.0 Å². The van der Waals surface area contributed by atoms with Crippen molar-refractivity contribution in [2.45, 2.75) is 6.92 Å². The highest BCUT2D eigenvalue weighted by Crippen LogP contribution is 2.18. The first kappa shape index (κ1) is 11.5. The molecule has 2 aromatic heterocycles. The van der Waals surface area contributed by atoms with Crippen LogP contribution in [-0.4, -0.2) is 30.8 Å². The summed E-state index contributed by atoms with van der Waals surface area (Å²) in [6.45, 7) is 1.94. The Balaban J connectivity index is 2.44. The summed E-state index contributed by atoms with van der Waals surface area (Å²) in [6.07, 6.45) is 3.15. The molecule has 0 fully saturated rings. The van der Waals surface area contributed by atoms with Gasteiger partial charge in [0.25, 0.3) is 0 Å². The Hall–Kier alpha value is -1.96. The molecule has 0 saturated heterocycles. The van der Waals surface area contributed by atoms with Gasteiger partial charge in [-0.3, -0.25) is 0 Å². The molecule has 0 atom stereocenters. The van der Waals surface area contributed by atoms with Gasteiger partial charge in [-0.2, -0.15) is 0 Å². The van der Waals surface area contributed by atoms with Gasteiger partial charge in [0.1, 0.15) is 6.33 Å². The quantitative estimate of drug-likeness (QED) is 0.370. The normalized spacial score (nSPS) is 11.8. The summed E-state index contributed by atoms with van der Waals surface area (Å²) in [5.74, 6) is 0.578. The minimum Gasteiger partial charge on any atom is -0.409 e. The van der Waals surface area contributed by atoms with Crippen molar-refractivity contribution in [3.63, 3.8) is 0 Å². The maximum atomic E-state index is 8.51. The van der Waals surface area contributed by atoms with Gasteiger partial charge in [0.2, 0.25) is 11.7 Å². The first-order valence-corrected chi connectivity index (χ1v) is 5.43. The number of aryl methyl sites for hydroxylation is 1. The third kappa shape index (κ3) is 2.26. The largest absolute Gasteiger partial charge is 0.409 e. The van der Waals surface area contributed by atoms with E-state index in [2.05, 4.69) is 36.2 Å². The fourth-order valence-electron chi connectivity index (χ4n) is 1.22. The molecule has 0 aliphatic rings. The second-order valence-electron chi connectivity index (χ2n) is 3.32. The van der Waals surface area contributed by atoms with Crippen molar-refractivity contribution in [2.75, 3.05) is 0 Å². The Morgan fingerprint density at radius 2 is 2.29 bits per heavy atom. The van der Waals surface area contributed by atoms with Crippen LogP contribution in [0.1, 0.15) is 11.4 Å². The summed E-state index contributed by atoms with van der Waals surface area (Å²) in [5, 5.41) is 15.4. The standard InChI is InChI=1S/C9H9BrN6O/c1-5-2-6(10)9(12-3-5)16-4-13-8(14-16)7(11)15-17/h2-4,17H,1H3,(H2,11,15). The molecular formula is C9H9BrN6O. The predicted molar refractivity (Wildman–Crippen MR) is 64.1 cm³/mol. The maximum Gasteiger partial charge on any atom is 0.220 e. The zero-order valence-corrected chi connectivity index (χ0v) is 10.5. The van der Waals surface area contributed by atoms with E-state index in [1.807, 2.05) is 13.0 Å². The van der Waals surface area contributed by atoms with Crippen molar-refractivity contribution in [2.24, 2.45) is 10.9 Å². The van der Waals surface area contributed by atoms with Gasteiger partial charge >= 0.3 is 0 Å². The highest BCUT2D eigenvalue weighted by Gasteiger charge is 2.10. The van der Waals surface area contributed by atoms with Gasteiger partial charge in [-0.15, -0.1) is 5.10 Å². The number of nitrogens with two attached hydrogens (primary N) is 1.